The van der Waals surface area contributed by atoms with Crippen LogP contribution in [0.1, 0.15) is 26.7 Å². The van der Waals surface area contributed by atoms with Crippen LogP contribution >= 0.6 is 0 Å². The van der Waals surface area contributed by atoms with E-state index in [9.17, 15) is 25.9 Å². The van der Waals surface area contributed by atoms with Crippen LogP contribution in [0, 0.1) is 0 Å². The van der Waals surface area contributed by atoms with Crippen LogP contribution in [0.2, 0.25) is 0 Å². The summed E-state index contributed by atoms with van der Waals surface area (Å²) < 4.78 is 65.3. The van der Waals surface area contributed by atoms with E-state index < -0.39 is 20.8 Å². The van der Waals surface area contributed by atoms with Crippen LogP contribution in [0.3, 0.4) is 0 Å². The quantitative estimate of drug-likeness (QED) is 0.366. The summed E-state index contributed by atoms with van der Waals surface area (Å²) in [7, 11) is -8.87. The Morgan fingerprint density at radius 3 is 1.12 bits per heavy atom. The Balaban J connectivity index is -0.000000218. The molecule has 0 heterocycles. The van der Waals surface area contributed by atoms with Crippen molar-refractivity contribution >= 4 is 20.8 Å². The maximum atomic E-state index is 9.61. The fraction of sp³-hybridized carbons (Fsp3) is 1.00. The van der Waals surface area contributed by atoms with E-state index >= 15 is 0 Å². The molecular formula is C6H14CuO8S2. The van der Waals surface area contributed by atoms with Crippen LogP contribution in [0.15, 0.2) is 0 Å². The molecule has 0 aromatic rings. The van der Waals surface area contributed by atoms with Gasteiger partial charge in [-0.3, -0.25) is 8.37 Å². The van der Waals surface area contributed by atoms with Crippen molar-refractivity contribution in [3.63, 3.8) is 0 Å². The first-order valence-electron chi connectivity index (χ1n) is 4.32. The molecule has 1 radical (unpaired) electrons. The molecular weight excluding hydrogens is 328 g/mol. The van der Waals surface area contributed by atoms with Gasteiger partial charge in [-0.1, -0.05) is 13.8 Å². The predicted octanol–water partition coefficient (Wildman–Crippen LogP) is -0.256. The van der Waals surface area contributed by atoms with Crippen molar-refractivity contribution in [1.29, 1.82) is 0 Å². The normalized spacial score (nSPS) is 11.1. The number of hydrogen-bond donors (Lipinski definition) is 0. The summed E-state index contributed by atoms with van der Waals surface area (Å²) in [6.45, 7) is 3.38. The van der Waals surface area contributed by atoms with Crippen molar-refractivity contribution in [2.24, 2.45) is 0 Å². The van der Waals surface area contributed by atoms with Crippen molar-refractivity contribution < 1.29 is 51.4 Å². The Morgan fingerprint density at radius 1 is 0.824 bits per heavy atom. The van der Waals surface area contributed by atoms with E-state index in [0.29, 0.717) is 12.8 Å². The smallest absolute Gasteiger partial charge is 0.726 e. The van der Waals surface area contributed by atoms with Crippen LogP contribution in [0.4, 0.5) is 0 Å². The van der Waals surface area contributed by atoms with Gasteiger partial charge in [0.05, 0.1) is 13.2 Å². The molecule has 0 N–H and O–H groups in total. The van der Waals surface area contributed by atoms with Crippen LogP contribution in [-0.2, 0) is 46.2 Å². The molecule has 0 unspecified atom stereocenters. The third-order valence-electron chi connectivity index (χ3n) is 0.864. The van der Waals surface area contributed by atoms with Crippen molar-refractivity contribution in [1.82, 2.24) is 0 Å². The van der Waals surface area contributed by atoms with E-state index in [1.165, 1.54) is 0 Å². The number of hydrogen-bond acceptors (Lipinski definition) is 8. The third-order valence-corrected chi connectivity index (χ3v) is 1.77. The minimum atomic E-state index is -4.44. The molecule has 0 aliphatic rings. The van der Waals surface area contributed by atoms with E-state index in [1.807, 2.05) is 0 Å². The van der Waals surface area contributed by atoms with Gasteiger partial charge in [-0.05, 0) is 12.8 Å². The zero-order chi connectivity index (χ0) is 13.2. The summed E-state index contributed by atoms with van der Waals surface area (Å²) in [5, 5.41) is 0. The summed E-state index contributed by atoms with van der Waals surface area (Å²) in [6.07, 6.45) is 1.06. The fourth-order valence-corrected chi connectivity index (χ4v) is 1.11. The van der Waals surface area contributed by atoms with E-state index in [1.54, 1.807) is 13.8 Å². The number of rotatable bonds is 6. The minimum absolute atomic E-state index is 0. The van der Waals surface area contributed by atoms with Gasteiger partial charge in [0.15, 0.2) is 0 Å². The average Bonchev–Trinajstić information content (AvgIpc) is 2.10. The standard InChI is InChI=1S/2C3H8O4S.Cu/c2*1-2-3-7-8(4,5)6;/h2*2-3H2,1H3,(H,4,5,6);/q;;+2/p-2. The summed E-state index contributed by atoms with van der Waals surface area (Å²) in [5.74, 6) is 0. The van der Waals surface area contributed by atoms with Gasteiger partial charge in [-0.2, -0.15) is 0 Å². The largest absolute Gasteiger partial charge is 2.00 e. The average molecular weight is 342 g/mol. The summed E-state index contributed by atoms with van der Waals surface area (Å²) in [5.41, 5.74) is 0. The van der Waals surface area contributed by atoms with Gasteiger partial charge in [0.1, 0.15) is 0 Å². The first-order valence-corrected chi connectivity index (χ1v) is 6.99. The SMILES string of the molecule is CCCOS(=O)(=O)[O-].CCCOS(=O)(=O)[O-].[Cu+2]. The third kappa shape index (κ3) is 31.4. The Hall–Kier alpha value is 0.259. The zero-order valence-corrected chi connectivity index (χ0v) is 11.8. The van der Waals surface area contributed by atoms with Crippen molar-refractivity contribution in [2.75, 3.05) is 13.2 Å². The molecule has 109 valence electrons. The molecule has 0 aliphatic heterocycles. The van der Waals surface area contributed by atoms with E-state index in [4.69, 9.17) is 0 Å². The predicted molar refractivity (Wildman–Crippen MR) is 51.9 cm³/mol. The second kappa shape index (κ2) is 11.4. The van der Waals surface area contributed by atoms with Gasteiger partial charge in [-0.25, -0.2) is 16.8 Å². The molecule has 0 amide bonds. The summed E-state index contributed by atoms with van der Waals surface area (Å²) in [4.78, 5) is 0. The van der Waals surface area contributed by atoms with Gasteiger partial charge in [0, 0.05) is 0 Å². The molecule has 0 fully saturated rings. The van der Waals surface area contributed by atoms with E-state index in [2.05, 4.69) is 8.37 Å². The second-order valence-corrected chi connectivity index (χ2v) is 4.56. The molecule has 0 aromatic heterocycles. The molecule has 0 bridgehead atoms. The second-order valence-electron chi connectivity index (χ2n) is 2.46. The van der Waals surface area contributed by atoms with Gasteiger partial charge in [-0.15, -0.1) is 0 Å². The van der Waals surface area contributed by atoms with Gasteiger partial charge in [0.2, 0.25) is 20.8 Å². The summed E-state index contributed by atoms with van der Waals surface area (Å²) in [6, 6.07) is 0. The van der Waals surface area contributed by atoms with Crippen LogP contribution in [0.25, 0.3) is 0 Å². The zero-order valence-electron chi connectivity index (χ0n) is 9.21. The Kier molecular flexibility index (Phi) is 15.0. The molecule has 8 nitrogen and oxygen atoms in total. The Morgan fingerprint density at radius 2 is 1.06 bits per heavy atom. The Labute approximate surface area is 112 Å². The molecule has 0 aliphatic carbocycles. The van der Waals surface area contributed by atoms with Crippen LogP contribution in [-0.4, -0.2) is 39.2 Å². The molecule has 0 atom stereocenters. The molecule has 0 saturated carbocycles. The van der Waals surface area contributed by atoms with E-state index in [0.717, 1.165) is 0 Å². The van der Waals surface area contributed by atoms with Crippen molar-refractivity contribution in [3.05, 3.63) is 0 Å². The maximum absolute atomic E-state index is 9.61. The van der Waals surface area contributed by atoms with Crippen LogP contribution in [0.5, 0.6) is 0 Å². The van der Waals surface area contributed by atoms with Gasteiger partial charge in [0.25, 0.3) is 0 Å². The molecule has 0 aromatic carbocycles. The van der Waals surface area contributed by atoms with Crippen LogP contribution < -0.4 is 0 Å². The van der Waals surface area contributed by atoms with E-state index in [-0.39, 0.29) is 30.3 Å². The fourth-order valence-electron chi connectivity index (χ4n) is 0.371. The van der Waals surface area contributed by atoms with Crippen molar-refractivity contribution in [3.8, 4) is 0 Å². The molecule has 0 rings (SSSR count). The minimum Gasteiger partial charge on any atom is -0.726 e. The van der Waals surface area contributed by atoms with Gasteiger partial charge < -0.3 is 9.11 Å². The maximum Gasteiger partial charge on any atom is 2.00 e. The first kappa shape index (κ1) is 22.4. The summed E-state index contributed by atoms with van der Waals surface area (Å²) >= 11 is 0. The van der Waals surface area contributed by atoms with Crippen molar-refractivity contribution in [2.45, 2.75) is 26.7 Å². The monoisotopic (exact) mass is 341 g/mol. The molecule has 0 saturated heterocycles. The molecule has 0 spiro atoms. The molecule has 17 heavy (non-hydrogen) atoms. The Bertz CT molecular complexity index is 312. The first-order chi connectivity index (χ1) is 7.12. The topological polar surface area (TPSA) is 133 Å². The van der Waals surface area contributed by atoms with Gasteiger partial charge >= 0.3 is 17.1 Å². The molecule has 11 heteroatoms.